The van der Waals surface area contributed by atoms with Crippen LogP contribution >= 0.6 is 11.6 Å². The Morgan fingerprint density at radius 3 is 2.88 bits per heavy atom. The van der Waals surface area contributed by atoms with Gasteiger partial charge in [-0.25, -0.2) is 4.98 Å². The number of carbonyl (C=O) groups is 1. The van der Waals surface area contributed by atoms with Crippen molar-refractivity contribution in [3.8, 4) is 11.5 Å². The van der Waals surface area contributed by atoms with Gasteiger partial charge in [-0.1, -0.05) is 18.5 Å². The summed E-state index contributed by atoms with van der Waals surface area (Å²) in [7, 11) is 0. The number of halogens is 1. The fourth-order valence-corrected chi connectivity index (χ4v) is 3.43. The molecule has 2 heterocycles. The van der Waals surface area contributed by atoms with Crippen molar-refractivity contribution in [1.82, 2.24) is 15.2 Å². The Labute approximate surface area is 159 Å². The molecule has 1 aromatic heterocycles. The van der Waals surface area contributed by atoms with Crippen LogP contribution in [0.3, 0.4) is 0 Å². The Kier molecular flexibility index (Phi) is 6.33. The van der Waals surface area contributed by atoms with Crippen molar-refractivity contribution in [2.24, 2.45) is 5.92 Å². The van der Waals surface area contributed by atoms with Gasteiger partial charge in [-0.05, 0) is 57.0 Å². The molecule has 1 aliphatic heterocycles. The van der Waals surface area contributed by atoms with Crippen molar-refractivity contribution in [2.45, 2.75) is 39.7 Å². The van der Waals surface area contributed by atoms with E-state index in [1.807, 2.05) is 31.2 Å². The minimum Gasteiger partial charge on any atom is -0.441 e. The highest BCUT2D eigenvalue weighted by Gasteiger charge is 2.26. The van der Waals surface area contributed by atoms with Gasteiger partial charge in [-0.2, -0.15) is 0 Å². The van der Waals surface area contributed by atoms with Crippen molar-refractivity contribution in [3.05, 3.63) is 40.7 Å². The van der Waals surface area contributed by atoms with Crippen LogP contribution in [0.15, 0.2) is 28.7 Å². The number of benzene rings is 1. The first-order valence-electron chi connectivity index (χ1n) is 9.29. The van der Waals surface area contributed by atoms with Gasteiger partial charge in [0.2, 0.25) is 11.8 Å². The summed E-state index contributed by atoms with van der Waals surface area (Å²) in [6, 6.07) is 7.49. The number of aromatic nitrogens is 1. The molecule has 1 amide bonds. The van der Waals surface area contributed by atoms with E-state index in [0.29, 0.717) is 17.5 Å². The molecule has 0 aliphatic carbocycles. The molecule has 0 radical (unpaired) electrons. The van der Waals surface area contributed by atoms with Gasteiger partial charge in [0.15, 0.2) is 0 Å². The third kappa shape index (κ3) is 4.65. The SMILES string of the molecule is CCCNC(=O)C1CCCN(Cc2nc(-c3ccc(Cl)cc3)oc2C)C1. The first-order valence-corrected chi connectivity index (χ1v) is 9.67. The van der Waals surface area contributed by atoms with Crippen LogP contribution in [0.2, 0.25) is 5.02 Å². The Balaban J connectivity index is 1.65. The maximum Gasteiger partial charge on any atom is 0.226 e. The molecule has 1 saturated heterocycles. The average molecular weight is 376 g/mol. The highest BCUT2D eigenvalue weighted by Crippen LogP contribution is 2.25. The molecule has 26 heavy (non-hydrogen) atoms. The van der Waals surface area contributed by atoms with Crippen LogP contribution < -0.4 is 5.32 Å². The second-order valence-electron chi connectivity index (χ2n) is 6.89. The monoisotopic (exact) mass is 375 g/mol. The largest absolute Gasteiger partial charge is 0.441 e. The lowest BCUT2D eigenvalue weighted by atomic mass is 9.97. The van der Waals surface area contributed by atoms with Gasteiger partial charge >= 0.3 is 0 Å². The Bertz CT molecular complexity index is 742. The summed E-state index contributed by atoms with van der Waals surface area (Å²) in [6.07, 6.45) is 2.96. The van der Waals surface area contributed by atoms with E-state index in [-0.39, 0.29) is 11.8 Å². The fourth-order valence-electron chi connectivity index (χ4n) is 3.31. The average Bonchev–Trinajstić information content (AvgIpc) is 3.01. The van der Waals surface area contributed by atoms with Crippen LogP contribution in [0.4, 0.5) is 0 Å². The van der Waals surface area contributed by atoms with Crippen LogP contribution in [-0.4, -0.2) is 35.4 Å². The Morgan fingerprint density at radius 1 is 1.38 bits per heavy atom. The molecule has 0 spiro atoms. The maximum absolute atomic E-state index is 12.3. The third-order valence-corrected chi connectivity index (χ3v) is 5.03. The number of rotatable bonds is 6. The first-order chi connectivity index (χ1) is 12.6. The van der Waals surface area contributed by atoms with Crippen LogP contribution in [0, 0.1) is 12.8 Å². The lowest BCUT2D eigenvalue weighted by molar-refractivity contribution is -0.126. The van der Waals surface area contributed by atoms with Crippen molar-refractivity contribution in [2.75, 3.05) is 19.6 Å². The lowest BCUT2D eigenvalue weighted by Crippen LogP contribution is -2.42. The molecule has 5 nitrogen and oxygen atoms in total. The number of piperidine rings is 1. The summed E-state index contributed by atoms with van der Waals surface area (Å²) in [6.45, 7) is 7.23. The summed E-state index contributed by atoms with van der Waals surface area (Å²) < 4.78 is 5.85. The minimum atomic E-state index is 0.0678. The summed E-state index contributed by atoms with van der Waals surface area (Å²) >= 11 is 5.94. The molecule has 1 aliphatic rings. The molecule has 2 aromatic rings. The van der Waals surface area contributed by atoms with E-state index in [0.717, 1.165) is 55.9 Å². The summed E-state index contributed by atoms with van der Waals surface area (Å²) in [5.41, 5.74) is 1.85. The van der Waals surface area contributed by atoms with Crippen molar-refractivity contribution >= 4 is 17.5 Å². The van der Waals surface area contributed by atoms with E-state index in [4.69, 9.17) is 16.0 Å². The van der Waals surface area contributed by atoms with Gasteiger partial charge in [-0.3, -0.25) is 9.69 Å². The van der Waals surface area contributed by atoms with Crippen molar-refractivity contribution < 1.29 is 9.21 Å². The van der Waals surface area contributed by atoms with Crippen LogP contribution in [0.25, 0.3) is 11.5 Å². The van der Waals surface area contributed by atoms with Crippen LogP contribution in [-0.2, 0) is 11.3 Å². The van der Waals surface area contributed by atoms with Crippen LogP contribution in [0.5, 0.6) is 0 Å². The molecule has 6 heteroatoms. The van der Waals surface area contributed by atoms with Gasteiger partial charge in [0.25, 0.3) is 0 Å². The van der Waals surface area contributed by atoms with E-state index in [9.17, 15) is 4.79 Å². The highest BCUT2D eigenvalue weighted by molar-refractivity contribution is 6.30. The molecule has 0 bridgehead atoms. The summed E-state index contributed by atoms with van der Waals surface area (Å²) in [5.74, 6) is 1.68. The molecule has 1 atom stereocenters. The van der Waals surface area contributed by atoms with E-state index >= 15 is 0 Å². The molecular formula is C20H26ClN3O2. The topological polar surface area (TPSA) is 58.4 Å². The second-order valence-corrected chi connectivity index (χ2v) is 7.33. The zero-order valence-corrected chi connectivity index (χ0v) is 16.2. The third-order valence-electron chi connectivity index (χ3n) is 4.78. The molecule has 140 valence electrons. The molecule has 1 unspecified atom stereocenters. The summed E-state index contributed by atoms with van der Waals surface area (Å²) in [4.78, 5) is 19.2. The van der Waals surface area contributed by atoms with Gasteiger partial charge < -0.3 is 9.73 Å². The highest BCUT2D eigenvalue weighted by atomic mass is 35.5. The van der Waals surface area contributed by atoms with Gasteiger partial charge in [0.05, 0.1) is 11.6 Å². The van der Waals surface area contributed by atoms with E-state index in [1.54, 1.807) is 0 Å². The van der Waals surface area contributed by atoms with Gasteiger partial charge in [0.1, 0.15) is 5.76 Å². The number of carbonyl (C=O) groups excluding carboxylic acids is 1. The lowest BCUT2D eigenvalue weighted by Gasteiger charge is -2.31. The molecule has 0 saturated carbocycles. The number of amides is 1. The van der Waals surface area contributed by atoms with Gasteiger partial charge in [-0.15, -0.1) is 0 Å². The standard InChI is InChI=1S/C20H26ClN3O2/c1-3-10-22-19(25)16-5-4-11-24(12-16)13-18-14(2)26-20(23-18)15-6-8-17(21)9-7-15/h6-9,16H,3-5,10-13H2,1-2H3,(H,22,25). The molecular weight excluding hydrogens is 350 g/mol. The van der Waals surface area contributed by atoms with Crippen LogP contribution in [0.1, 0.15) is 37.6 Å². The molecule has 3 rings (SSSR count). The predicted octanol–water partition coefficient (Wildman–Crippen LogP) is 4.04. The Morgan fingerprint density at radius 2 is 2.15 bits per heavy atom. The van der Waals surface area contributed by atoms with E-state index in [1.165, 1.54) is 0 Å². The number of hydrogen-bond donors (Lipinski definition) is 1. The zero-order valence-electron chi connectivity index (χ0n) is 15.4. The molecule has 1 N–H and O–H groups in total. The smallest absolute Gasteiger partial charge is 0.226 e. The fraction of sp³-hybridized carbons (Fsp3) is 0.500. The number of nitrogens with one attached hydrogen (secondary N) is 1. The zero-order chi connectivity index (χ0) is 18.5. The van der Waals surface area contributed by atoms with Crippen molar-refractivity contribution in [1.29, 1.82) is 0 Å². The predicted molar refractivity (Wildman–Crippen MR) is 103 cm³/mol. The first kappa shape index (κ1) is 18.9. The number of oxazole rings is 1. The number of hydrogen-bond acceptors (Lipinski definition) is 4. The van der Waals surface area contributed by atoms with Gasteiger partial charge in [0, 0.05) is 30.2 Å². The second kappa shape index (κ2) is 8.69. The molecule has 1 fully saturated rings. The number of likely N-dealkylation sites (tertiary alicyclic amines) is 1. The number of aryl methyl sites for hydroxylation is 1. The quantitative estimate of drug-likeness (QED) is 0.827. The summed E-state index contributed by atoms with van der Waals surface area (Å²) in [5, 5.41) is 3.71. The van der Waals surface area contributed by atoms with Crippen molar-refractivity contribution in [3.63, 3.8) is 0 Å². The maximum atomic E-state index is 12.3. The van der Waals surface area contributed by atoms with E-state index in [2.05, 4.69) is 22.1 Å². The normalized spacial score (nSPS) is 18.0. The minimum absolute atomic E-state index is 0.0678. The van der Waals surface area contributed by atoms with E-state index < -0.39 is 0 Å². The Hall–Kier alpha value is -1.85. The number of nitrogens with zero attached hydrogens (tertiary/aromatic N) is 2. The molecule has 1 aromatic carbocycles.